The third kappa shape index (κ3) is 5.57. The summed E-state index contributed by atoms with van der Waals surface area (Å²) in [5.74, 6) is -4.02. The van der Waals surface area contributed by atoms with E-state index in [1.807, 2.05) is 0 Å². The average molecular weight is 479 g/mol. The Labute approximate surface area is 192 Å². The summed E-state index contributed by atoms with van der Waals surface area (Å²) in [6.07, 6.45) is -0.229. The molecule has 0 saturated heterocycles. The molecule has 0 saturated carbocycles. The first-order valence-electron chi connectivity index (χ1n) is 9.90. The minimum Gasteiger partial charge on any atom is -0.496 e. The molecule has 3 aromatic rings. The number of nitrogens with zero attached hydrogens (tertiary/aromatic N) is 1. The second-order valence-electron chi connectivity index (χ2n) is 6.63. The Morgan fingerprint density at radius 2 is 1.85 bits per heavy atom. The maximum Gasteiger partial charge on any atom is 0.344 e. The van der Waals surface area contributed by atoms with Gasteiger partial charge in [0.2, 0.25) is 0 Å². The van der Waals surface area contributed by atoms with Gasteiger partial charge in [0.05, 0.1) is 32.3 Å². The van der Waals surface area contributed by atoms with Crippen LogP contribution < -0.4 is 9.47 Å². The van der Waals surface area contributed by atoms with Gasteiger partial charge in [-0.05, 0) is 19.1 Å². The van der Waals surface area contributed by atoms with Gasteiger partial charge < -0.3 is 14.2 Å². The molecule has 0 amide bonds. The molecule has 0 aliphatic heterocycles. The van der Waals surface area contributed by atoms with Crippen molar-refractivity contribution < 1.29 is 37.0 Å². The fraction of sp³-hybridized carbons (Fsp3) is 0.261. The number of hydrogen-bond donors (Lipinski definition) is 0. The van der Waals surface area contributed by atoms with Gasteiger partial charge in [-0.15, -0.1) is 11.8 Å². The van der Waals surface area contributed by atoms with E-state index in [0.29, 0.717) is 11.3 Å². The Balaban J connectivity index is 2.14. The molecule has 0 unspecified atom stereocenters. The number of thioether (sulfide) groups is 1. The van der Waals surface area contributed by atoms with E-state index >= 15 is 0 Å². The lowest BCUT2D eigenvalue weighted by Crippen LogP contribution is -2.17. The van der Waals surface area contributed by atoms with Crippen LogP contribution in [0, 0.1) is 11.6 Å². The number of rotatable bonds is 9. The molecule has 0 aliphatic rings. The maximum atomic E-state index is 14.1. The van der Waals surface area contributed by atoms with Gasteiger partial charge in [-0.25, -0.2) is 18.6 Å². The summed E-state index contributed by atoms with van der Waals surface area (Å²) < 4.78 is 56.6. The van der Waals surface area contributed by atoms with Crippen molar-refractivity contribution in [1.82, 2.24) is 4.98 Å². The van der Waals surface area contributed by atoms with Gasteiger partial charge >= 0.3 is 11.9 Å². The molecule has 0 atom stereocenters. The maximum absolute atomic E-state index is 14.1. The van der Waals surface area contributed by atoms with E-state index in [9.17, 15) is 22.8 Å². The summed E-state index contributed by atoms with van der Waals surface area (Å²) in [7, 11) is 1.45. The molecule has 2 aromatic carbocycles. The van der Waals surface area contributed by atoms with Crippen LogP contribution in [-0.2, 0) is 16.0 Å². The molecule has 10 heteroatoms. The first-order chi connectivity index (χ1) is 15.9. The summed E-state index contributed by atoms with van der Waals surface area (Å²) >= 11 is 0.863. The number of methoxy groups -OCH3 is 1. The molecule has 0 radical (unpaired) electrons. The predicted molar refractivity (Wildman–Crippen MR) is 117 cm³/mol. The Bertz CT molecular complexity index is 1190. The number of carbonyl (C=O) groups excluding carboxylic acids is 2. The Hall–Kier alpha value is -3.27. The number of ether oxygens (including phenoxy) is 3. The van der Waals surface area contributed by atoms with Gasteiger partial charge in [0.15, 0.2) is 17.4 Å². The summed E-state index contributed by atoms with van der Waals surface area (Å²) in [5, 5.41) is -0.125. The molecule has 6 nitrogen and oxygen atoms in total. The molecule has 33 heavy (non-hydrogen) atoms. The van der Waals surface area contributed by atoms with E-state index in [4.69, 9.17) is 14.2 Å². The van der Waals surface area contributed by atoms with Gasteiger partial charge in [0.1, 0.15) is 16.3 Å². The average Bonchev–Trinajstić information content (AvgIpc) is 2.79. The first-order valence-corrected chi connectivity index (χ1v) is 10.9. The smallest absolute Gasteiger partial charge is 0.344 e. The lowest BCUT2D eigenvalue weighted by Gasteiger charge is -2.16. The van der Waals surface area contributed by atoms with Gasteiger partial charge in [-0.3, -0.25) is 9.18 Å². The van der Waals surface area contributed by atoms with E-state index in [0.717, 1.165) is 23.9 Å². The number of benzene rings is 2. The number of halogens is 3. The number of pyridine rings is 1. The lowest BCUT2D eigenvalue weighted by molar-refractivity contribution is -0.133. The molecule has 1 aromatic heterocycles. The Kier molecular flexibility index (Phi) is 8.16. The second-order valence-corrected chi connectivity index (χ2v) is 7.71. The van der Waals surface area contributed by atoms with Gasteiger partial charge in [-0.2, -0.15) is 0 Å². The summed E-state index contributed by atoms with van der Waals surface area (Å²) in [5.41, 5.74) is 0.191. The van der Waals surface area contributed by atoms with Crippen molar-refractivity contribution in [3.63, 3.8) is 0 Å². The van der Waals surface area contributed by atoms with Crippen LogP contribution >= 0.6 is 11.8 Å². The quantitative estimate of drug-likeness (QED) is 0.319. The highest BCUT2D eigenvalue weighted by Gasteiger charge is 2.27. The lowest BCUT2D eigenvalue weighted by atomic mass is 10.1. The van der Waals surface area contributed by atoms with Gasteiger partial charge in [0.25, 0.3) is 0 Å². The topological polar surface area (TPSA) is 74.7 Å². The van der Waals surface area contributed by atoms with Crippen LogP contribution in [0.1, 0.15) is 22.8 Å². The highest BCUT2D eigenvalue weighted by molar-refractivity contribution is 7.99. The summed E-state index contributed by atoms with van der Waals surface area (Å²) in [6.45, 7) is 0.840. The van der Waals surface area contributed by atoms with E-state index in [-0.39, 0.29) is 46.0 Å². The third-order valence-electron chi connectivity index (χ3n) is 4.48. The van der Waals surface area contributed by atoms with Crippen molar-refractivity contribution in [2.24, 2.45) is 0 Å². The molecule has 0 aliphatic carbocycles. The number of aromatic nitrogens is 1. The van der Waals surface area contributed by atoms with Crippen molar-refractivity contribution in [3.8, 4) is 11.5 Å². The zero-order valence-electron chi connectivity index (χ0n) is 17.8. The Morgan fingerprint density at radius 3 is 2.55 bits per heavy atom. The number of hydrogen-bond acceptors (Lipinski definition) is 7. The number of alkyl halides is 1. The van der Waals surface area contributed by atoms with Crippen LogP contribution in [0.15, 0.2) is 41.4 Å². The molecular weight excluding hydrogens is 459 g/mol. The minimum absolute atomic E-state index is 0.00350. The van der Waals surface area contributed by atoms with Crippen LogP contribution in [0.2, 0.25) is 0 Å². The van der Waals surface area contributed by atoms with E-state index in [1.54, 1.807) is 31.2 Å². The fourth-order valence-electron chi connectivity index (χ4n) is 3.09. The van der Waals surface area contributed by atoms with Crippen molar-refractivity contribution in [2.45, 2.75) is 18.4 Å². The van der Waals surface area contributed by atoms with Crippen molar-refractivity contribution in [1.29, 1.82) is 0 Å². The van der Waals surface area contributed by atoms with Crippen LogP contribution in [0.4, 0.5) is 13.2 Å². The number of para-hydroxylation sites is 1. The van der Waals surface area contributed by atoms with E-state index in [1.165, 1.54) is 7.11 Å². The molecule has 0 bridgehead atoms. The SMILES string of the molecule is CCOC(=O)c1c(SCCF)nc2cc(F)c(F)cc2c1OC(=O)Cc1ccccc1OC. The largest absolute Gasteiger partial charge is 0.496 e. The number of fused-ring (bicyclic) bond motifs is 1. The highest BCUT2D eigenvalue weighted by atomic mass is 32.2. The second kappa shape index (κ2) is 11.0. The van der Waals surface area contributed by atoms with Crippen molar-refractivity contribution in [2.75, 3.05) is 26.1 Å². The minimum atomic E-state index is -1.22. The monoisotopic (exact) mass is 479 g/mol. The standard InChI is InChI=1S/C23H20F3NO5S/c1-3-31-23(29)20-21(32-19(28)10-13-6-4-5-7-18(13)30-2)14-11-15(25)16(26)12-17(14)27-22(20)33-9-8-24/h4-7,11-12H,3,8-10H2,1-2H3. The van der Waals surface area contributed by atoms with Crippen molar-refractivity contribution >= 4 is 34.6 Å². The van der Waals surface area contributed by atoms with Crippen LogP contribution in [0.3, 0.4) is 0 Å². The highest BCUT2D eigenvalue weighted by Crippen LogP contribution is 2.37. The molecule has 174 valence electrons. The first kappa shape index (κ1) is 24.4. The van der Waals surface area contributed by atoms with Gasteiger partial charge in [0, 0.05) is 22.8 Å². The predicted octanol–water partition coefficient (Wildman–Crippen LogP) is 4.91. The molecular formula is C23H20F3NO5S. The summed E-state index contributed by atoms with van der Waals surface area (Å²) in [6, 6.07) is 8.37. The van der Waals surface area contributed by atoms with Crippen molar-refractivity contribution in [3.05, 3.63) is 59.2 Å². The summed E-state index contributed by atoms with van der Waals surface area (Å²) in [4.78, 5) is 29.7. The van der Waals surface area contributed by atoms with Gasteiger partial charge in [-0.1, -0.05) is 18.2 Å². The van der Waals surface area contributed by atoms with E-state index < -0.39 is 30.2 Å². The molecule has 3 rings (SSSR count). The molecule has 1 heterocycles. The van der Waals surface area contributed by atoms with Crippen LogP contribution in [-0.4, -0.2) is 43.1 Å². The van der Waals surface area contributed by atoms with Crippen LogP contribution in [0.5, 0.6) is 11.5 Å². The normalized spacial score (nSPS) is 10.8. The zero-order chi connectivity index (χ0) is 24.0. The van der Waals surface area contributed by atoms with E-state index in [2.05, 4.69) is 4.98 Å². The molecule has 0 fully saturated rings. The van der Waals surface area contributed by atoms with Crippen LogP contribution in [0.25, 0.3) is 10.9 Å². The number of carbonyl (C=O) groups is 2. The Morgan fingerprint density at radius 1 is 1.12 bits per heavy atom. The third-order valence-corrected chi connectivity index (χ3v) is 5.41. The number of esters is 2. The fourth-order valence-corrected chi connectivity index (χ4v) is 3.84. The molecule has 0 N–H and O–H groups in total. The zero-order valence-corrected chi connectivity index (χ0v) is 18.6. The molecule has 0 spiro atoms.